The Labute approximate surface area is 105 Å². The Morgan fingerprint density at radius 1 is 1.61 bits per heavy atom. The van der Waals surface area contributed by atoms with Gasteiger partial charge in [-0.25, -0.2) is 9.18 Å². The Bertz CT molecular complexity index is 520. The van der Waals surface area contributed by atoms with Crippen molar-refractivity contribution >= 4 is 6.03 Å². The topological polar surface area (TPSA) is 41.6 Å². The molecule has 96 valence electrons. The third-order valence-corrected chi connectivity index (χ3v) is 3.71. The number of nitrogens with one attached hydrogen (secondary N) is 1. The summed E-state index contributed by atoms with van der Waals surface area (Å²) in [6, 6.07) is 4.47. The zero-order valence-electron chi connectivity index (χ0n) is 10.4. The van der Waals surface area contributed by atoms with E-state index in [0.717, 1.165) is 5.56 Å². The summed E-state index contributed by atoms with van der Waals surface area (Å²) in [5.74, 6) is -0.120. The molecule has 5 heteroatoms. The van der Waals surface area contributed by atoms with E-state index in [1.54, 1.807) is 17.0 Å². The van der Waals surface area contributed by atoms with Gasteiger partial charge in [0.2, 0.25) is 0 Å². The van der Waals surface area contributed by atoms with E-state index in [1.165, 1.54) is 6.07 Å². The van der Waals surface area contributed by atoms with Crippen LogP contribution in [0.3, 0.4) is 0 Å². The van der Waals surface area contributed by atoms with Gasteiger partial charge >= 0.3 is 6.03 Å². The van der Waals surface area contributed by atoms with Crippen LogP contribution >= 0.6 is 0 Å². The molecule has 0 saturated carbocycles. The van der Waals surface area contributed by atoms with Crippen molar-refractivity contribution in [3.63, 3.8) is 0 Å². The summed E-state index contributed by atoms with van der Waals surface area (Å²) in [5, 5.41) is 2.90. The van der Waals surface area contributed by atoms with Crippen LogP contribution in [0.15, 0.2) is 18.2 Å². The van der Waals surface area contributed by atoms with Crippen molar-refractivity contribution in [2.24, 2.45) is 0 Å². The first kappa shape index (κ1) is 11.3. The fourth-order valence-electron chi connectivity index (χ4n) is 2.87. The molecule has 1 N–H and O–H groups in total. The fraction of sp³-hybridized carbons (Fsp3) is 0.462. The number of carbonyl (C=O) groups is 1. The molecule has 1 aromatic carbocycles. The second kappa shape index (κ2) is 3.60. The maximum Gasteiger partial charge on any atom is 0.320 e. The summed E-state index contributed by atoms with van der Waals surface area (Å²) < 4.78 is 19.6. The minimum absolute atomic E-state index is 0.161. The van der Waals surface area contributed by atoms with E-state index in [1.807, 2.05) is 13.8 Å². The number of hydrogen-bond donors (Lipinski definition) is 1. The first-order valence-electron chi connectivity index (χ1n) is 6.11. The minimum atomic E-state index is -0.767. The molecule has 4 nitrogen and oxygen atoms in total. The van der Waals surface area contributed by atoms with Crippen molar-refractivity contribution in [3.8, 4) is 5.75 Å². The van der Waals surface area contributed by atoms with Gasteiger partial charge in [0, 0.05) is 18.5 Å². The number of nitrogens with zero attached hydrogens (tertiary/aromatic N) is 1. The number of fused-ring (bicyclic) bond motifs is 4. The molecule has 1 saturated heterocycles. The predicted octanol–water partition coefficient (Wildman–Crippen LogP) is 2.41. The van der Waals surface area contributed by atoms with E-state index in [2.05, 4.69) is 5.32 Å². The van der Waals surface area contributed by atoms with Crippen LogP contribution in [-0.2, 0) is 0 Å². The van der Waals surface area contributed by atoms with E-state index in [4.69, 9.17) is 4.74 Å². The van der Waals surface area contributed by atoms with E-state index in [-0.39, 0.29) is 23.6 Å². The zero-order chi connectivity index (χ0) is 12.9. The van der Waals surface area contributed by atoms with Gasteiger partial charge in [-0.15, -0.1) is 0 Å². The van der Waals surface area contributed by atoms with Crippen molar-refractivity contribution in [2.45, 2.75) is 32.0 Å². The third-order valence-electron chi connectivity index (χ3n) is 3.71. The van der Waals surface area contributed by atoms with Crippen LogP contribution in [0.1, 0.15) is 31.9 Å². The highest BCUT2D eigenvalue weighted by molar-refractivity contribution is 5.77. The van der Waals surface area contributed by atoms with Gasteiger partial charge in [0.05, 0.1) is 6.04 Å². The molecule has 2 bridgehead atoms. The summed E-state index contributed by atoms with van der Waals surface area (Å²) in [5.41, 5.74) is -0.0479. The molecular formula is C13H15FN2O2. The lowest BCUT2D eigenvalue weighted by Gasteiger charge is -2.50. The molecular weight excluding hydrogens is 235 g/mol. The molecule has 2 unspecified atom stereocenters. The smallest absolute Gasteiger partial charge is 0.320 e. The molecule has 1 fully saturated rings. The third kappa shape index (κ3) is 1.39. The summed E-state index contributed by atoms with van der Waals surface area (Å²) in [6.07, 6.45) is 0.628. The van der Waals surface area contributed by atoms with Crippen LogP contribution in [0.2, 0.25) is 0 Å². The quantitative estimate of drug-likeness (QED) is 0.831. The Morgan fingerprint density at radius 3 is 3.11 bits per heavy atom. The lowest BCUT2D eigenvalue weighted by molar-refractivity contribution is -0.0838. The van der Waals surface area contributed by atoms with Crippen molar-refractivity contribution in [2.75, 3.05) is 6.54 Å². The molecule has 18 heavy (non-hydrogen) atoms. The minimum Gasteiger partial charge on any atom is -0.465 e. The maximum atomic E-state index is 13.8. The number of ether oxygens (including phenoxy) is 1. The lowest BCUT2D eigenvalue weighted by Crippen LogP contribution is -2.64. The van der Waals surface area contributed by atoms with Crippen LogP contribution in [0.4, 0.5) is 9.18 Å². The first-order valence-corrected chi connectivity index (χ1v) is 6.11. The van der Waals surface area contributed by atoms with Crippen molar-refractivity contribution in [3.05, 3.63) is 29.6 Å². The van der Waals surface area contributed by atoms with Crippen LogP contribution < -0.4 is 10.1 Å². The molecule has 2 heterocycles. The van der Waals surface area contributed by atoms with Gasteiger partial charge in [-0.3, -0.25) is 4.90 Å². The molecule has 2 aliphatic heterocycles. The fourth-order valence-corrected chi connectivity index (χ4v) is 2.87. The SMILES string of the molecule is CCN1C(=O)NC2CC1(C)Oc1c(F)cccc12. The number of benzene rings is 1. The number of halogens is 1. The highest BCUT2D eigenvalue weighted by Gasteiger charge is 2.49. The Morgan fingerprint density at radius 2 is 2.39 bits per heavy atom. The molecule has 0 aromatic heterocycles. The van der Waals surface area contributed by atoms with Gasteiger partial charge in [-0.05, 0) is 19.9 Å². The molecule has 3 rings (SSSR count). The summed E-state index contributed by atoms with van der Waals surface area (Å²) in [7, 11) is 0. The Kier molecular flexibility index (Phi) is 2.27. The number of rotatable bonds is 1. The number of para-hydroxylation sites is 1. The highest BCUT2D eigenvalue weighted by Crippen LogP contribution is 2.44. The number of carbonyl (C=O) groups excluding carboxylic acids is 1. The van der Waals surface area contributed by atoms with Crippen molar-refractivity contribution in [1.29, 1.82) is 0 Å². The first-order chi connectivity index (χ1) is 8.55. The summed E-state index contributed by atoms with van der Waals surface area (Å²) in [6.45, 7) is 4.24. The van der Waals surface area contributed by atoms with Crippen molar-refractivity contribution in [1.82, 2.24) is 10.2 Å². The molecule has 0 radical (unpaired) electrons. The van der Waals surface area contributed by atoms with Gasteiger partial charge in [-0.1, -0.05) is 12.1 Å². The van der Waals surface area contributed by atoms with E-state index < -0.39 is 5.72 Å². The van der Waals surface area contributed by atoms with Gasteiger partial charge in [-0.2, -0.15) is 0 Å². The number of hydrogen-bond acceptors (Lipinski definition) is 2. The maximum absolute atomic E-state index is 13.8. The van der Waals surface area contributed by atoms with Crippen LogP contribution in [-0.4, -0.2) is 23.2 Å². The van der Waals surface area contributed by atoms with Gasteiger partial charge in [0.1, 0.15) is 0 Å². The number of amides is 2. The van der Waals surface area contributed by atoms with E-state index >= 15 is 0 Å². The molecule has 1 aromatic rings. The Balaban J connectivity index is 2.12. The molecule has 0 spiro atoms. The summed E-state index contributed by atoms with van der Waals surface area (Å²) >= 11 is 0. The predicted molar refractivity (Wildman–Crippen MR) is 63.7 cm³/mol. The van der Waals surface area contributed by atoms with Gasteiger partial charge in [0.25, 0.3) is 0 Å². The molecule has 2 atom stereocenters. The number of urea groups is 1. The van der Waals surface area contributed by atoms with Gasteiger partial charge < -0.3 is 10.1 Å². The van der Waals surface area contributed by atoms with Crippen molar-refractivity contribution < 1.29 is 13.9 Å². The van der Waals surface area contributed by atoms with Gasteiger partial charge in [0.15, 0.2) is 17.3 Å². The Hall–Kier alpha value is -1.78. The normalized spacial score (nSPS) is 29.4. The lowest BCUT2D eigenvalue weighted by atomic mass is 9.90. The highest BCUT2D eigenvalue weighted by atomic mass is 19.1. The monoisotopic (exact) mass is 250 g/mol. The summed E-state index contributed by atoms with van der Waals surface area (Å²) in [4.78, 5) is 13.6. The average Bonchev–Trinajstić information content (AvgIpc) is 2.30. The van der Waals surface area contributed by atoms with Crippen LogP contribution in [0, 0.1) is 5.82 Å². The van der Waals surface area contributed by atoms with Crippen LogP contribution in [0.5, 0.6) is 5.75 Å². The van der Waals surface area contributed by atoms with E-state index in [9.17, 15) is 9.18 Å². The van der Waals surface area contributed by atoms with E-state index in [0.29, 0.717) is 13.0 Å². The zero-order valence-corrected chi connectivity index (χ0v) is 10.4. The largest absolute Gasteiger partial charge is 0.465 e. The van der Waals surface area contributed by atoms with Crippen LogP contribution in [0.25, 0.3) is 0 Å². The average molecular weight is 250 g/mol. The molecule has 2 amide bonds. The molecule has 0 aliphatic carbocycles. The molecule has 2 aliphatic rings. The second-order valence-electron chi connectivity index (χ2n) is 4.89. The second-order valence-corrected chi connectivity index (χ2v) is 4.89. The standard InChI is InChI=1S/C13H15FN2O2/c1-3-16-12(17)15-10-7-13(16,2)18-11-8(10)5-4-6-9(11)14/h4-6,10H,3,7H2,1-2H3,(H,15,17).